The largest absolute Gasteiger partial charge is 0.463 e. The molecule has 0 saturated heterocycles. The van der Waals surface area contributed by atoms with Gasteiger partial charge in [0.25, 0.3) is 5.56 Å². The molecule has 1 aromatic carbocycles. The number of rotatable bonds is 5. The highest BCUT2D eigenvalue weighted by molar-refractivity contribution is 7.14. The van der Waals surface area contributed by atoms with Gasteiger partial charge in [0.1, 0.15) is 11.2 Å². The molecule has 0 saturated carbocycles. The van der Waals surface area contributed by atoms with Crippen molar-refractivity contribution in [3.8, 4) is 11.5 Å². The predicted molar refractivity (Wildman–Crippen MR) is 96.9 cm³/mol. The van der Waals surface area contributed by atoms with E-state index < -0.39 is 0 Å². The molecule has 3 aromatic heterocycles. The lowest BCUT2D eigenvalue weighted by Gasteiger charge is -2.04. The zero-order valence-electron chi connectivity index (χ0n) is 13.5. The summed E-state index contributed by atoms with van der Waals surface area (Å²) < 4.78 is 6.46. The van der Waals surface area contributed by atoms with Crippen molar-refractivity contribution in [1.82, 2.24) is 20.0 Å². The summed E-state index contributed by atoms with van der Waals surface area (Å²) in [5, 5.41) is 13.3. The van der Waals surface area contributed by atoms with Gasteiger partial charge in [0.2, 0.25) is 5.91 Å². The molecule has 0 radical (unpaired) electrons. The smallest absolute Gasteiger partial charge is 0.277 e. The van der Waals surface area contributed by atoms with Crippen LogP contribution in [0.15, 0.2) is 57.3 Å². The van der Waals surface area contributed by atoms with Crippen LogP contribution in [0.4, 0.5) is 5.13 Å². The second kappa shape index (κ2) is 6.89. The molecule has 1 N–H and O–H groups in total. The lowest BCUT2D eigenvalue weighted by Crippen LogP contribution is -2.26. The van der Waals surface area contributed by atoms with Crippen molar-refractivity contribution < 1.29 is 9.21 Å². The Morgan fingerprint density at radius 3 is 2.96 bits per heavy atom. The van der Waals surface area contributed by atoms with Gasteiger partial charge < -0.3 is 9.73 Å². The lowest BCUT2D eigenvalue weighted by molar-refractivity contribution is -0.116. The number of aryl methyl sites for hydroxylation is 1. The highest BCUT2D eigenvalue weighted by Gasteiger charge is 2.11. The zero-order valence-corrected chi connectivity index (χ0v) is 14.3. The van der Waals surface area contributed by atoms with Crippen LogP contribution in [0, 0.1) is 0 Å². The SMILES string of the molecule is O=C(CCn1nnc2ccccc2c1=O)Nc1nc(-c2ccco2)cs1. The summed E-state index contributed by atoms with van der Waals surface area (Å²) in [5.74, 6) is 0.381. The molecule has 0 aliphatic rings. The molecule has 4 rings (SSSR count). The monoisotopic (exact) mass is 367 g/mol. The summed E-state index contributed by atoms with van der Waals surface area (Å²) in [6, 6.07) is 10.5. The van der Waals surface area contributed by atoms with Gasteiger partial charge in [0, 0.05) is 11.8 Å². The molecule has 1 amide bonds. The van der Waals surface area contributed by atoms with Gasteiger partial charge in [-0.25, -0.2) is 9.67 Å². The Hall–Kier alpha value is -3.33. The van der Waals surface area contributed by atoms with Crippen LogP contribution in [0.2, 0.25) is 0 Å². The minimum absolute atomic E-state index is 0.0859. The molecule has 3 heterocycles. The van der Waals surface area contributed by atoms with Crippen molar-refractivity contribution in [3.63, 3.8) is 0 Å². The van der Waals surface area contributed by atoms with Gasteiger partial charge in [-0.1, -0.05) is 17.3 Å². The van der Waals surface area contributed by atoms with E-state index >= 15 is 0 Å². The minimum atomic E-state index is -0.266. The number of furan rings is 1. The van der Waals surface area contributed by atoms with E-state index in [1.165, 1.54) is 16.0 Å². The Balaban J connectivity index is 1.41. The van der Waals surface area contributed by atoms with E-state index in [0.29, 0.717) is 27.5 Å². The fourth-order valence-corrected chi connectivity index (χ4v) is 3.14. The quantitative estimate of drug-likeness (QED) is 0.581. The van der Waals surface area contributed by atoms with E-state index in [0.717, 1.165) is 0 Å². The summed E-state index contributed by atoms with van der Waals surface area (Å²) in [6.45, 7) is 0.138. The molecular formula is C17H13N5O3S. The number of carbonyl (C=O) groups is 1. The highest BCUT2D eigenvalue weighted by atomic mass is 32.1. The molecule has 0 atom stereocenters. The van der Waals surface area contributed by atoms with Gasteiger partial charge >= 0.3 is 0 Å². The standard InChI is InChI=1S/C17H13N5O3S/c23-15(19-17-18-13(10-26-17)14-6-3-9-25-14)7-8-22-16(24)11-4-1-2-5-12(11)20-21-22/h1-6,9-10H,7-8H2,(H,18,19,23). The van der Waals surface area contributed by atoms with Crippen LogP contribution < -0.4 is 10.9 Å². The van der Waals surface area contributed by atoms with Crippen molar-refractivity contribution in [1.29, 1.82) is 0 Å². The Morgan fingerprint density at radius 2 is 2.12 bits per heavy atom. The third-order valence-electron chi connectivity index (χ3n) is 3.70. The Labute approximate surface area is 151 Å². The molecule has 0 bridgehead atoms. The van der Waals surface area contributed by atoms with Gasteiger partial charge in [-0.3, -0.25) is 9.59 Å². The number of aromatic nitrogens is 4. The molecular weight excluding hydrogens is 354 g/mol. The lowest BCUT2D eigenvalue weighted by atomic mass is 10.2. The molecule has 8 nitrogen and oxygen atoms in total. The van der Waals surface area contributed by atoms with E-state index in [-0.39, 0.29) is 24.4 Å². The molecule has 9 heteroatoms. The summed E-state index contributed by atoms with van der Waals surface area (Å²) in [6.07, 6.45) is 1.65. The Morgan fingerprint density at radius 1 is 1.23 bits per heavy atom. The average molecular weight is 367 g/mol. The molecule has 0 aliphatic carbocycles. The number of nitrogens with zero attached hydrogens (tertiary/aromatic N) is 4. The van der Waals surface area contributed by atoms with Gasteiger partial charge in [0.05, 0.1) is 18.2 Å². The van der Waals surface area contributed by atoms with Crippen LogP contribution in [0.1, 0.15) is 6.42 Å². The summed E-state index contributed by atoms with van der Waals surface area (Å²) in [5.41, 5.74) is 0.927. The normalized spacial score (nSPS) is 10.9. The number of carbonyl (C=O) groups excluding carboxylic acids is 1. The number of hydrogen-bond donors (Lipinski definition) is 1. The van der Waals surface area contributed by atoms with Gasteiger partial charge in [-0.05, 0) is 24.3 Å². The van der Waals surface area contributed by atoms with Crippen LogP contribution in [0.5, 0.6) is 0 Å². The van der Waals surface area contributed by atoms with E-state index in [4.69, 9.17) is 4.42 Å². The van der Waals surface area contributed by atoms with Crippen molar-refractivity contribution in [2.24, 2.45) is 0 Å². The first-order valence-corrected chi connectivity index (χ1v) is 8.70. The Kier molecular flexibility index (Phi) is 4.28. The average Bonchev–Trinajstić information content (AvgIpc) is 3.33. The first kappa shape index (κ1) is 16.2. The van der Waals surface area contributed by atoms with Crippen LogP contribution in [-0.2, 0) is 11.3 Å². The summed E-state index contributed by atoms with van der Waals surface area (Å²) >= 11 is 1.30. The number of nitrogens with one attached hydrogen (secondary N) is 1. The first-order chi connectivity index (χ1) is 12.7. The number of benzene rings is 1. The van der Waals surface area contributed by atoms with Gasteiger partial charge in [-0.2, -0.15) is 0 Å². The number of amides is 1. The van der Waals surface area contributed by atoms with Gasteiger partial charge in [0.15, 0.2) is 10.9 Å². The van der Waals surface area contributed by atoms with Crippen LogP contribution in [-0.4, -0.2) is 25.9 Å². The molecule has 0 aliphatic heterocycles. The number of hydrogen-bond acceptors (Lipinski definition) is 7. The highest BCUT2D eigenvalue weighted by Crippen LogP contribution is 2.25. The van der Waals surface area contributed by atoms with E-state index in [1.54, 1.807) is 48.0 Å². The third kappa shape index (κ3) is 3.24. The second-order valence-corrected chi connectivity index (χ2v) is 6.31. The van der Waals surface area contributed by atoms with Crippen molar-refractivity contribution >= 4 is 33.3 Å². The fraction of sp³-hybridized carbons (Fsp3) is 0.118. The summed E-state index contributed by atoms with van der Waals surface area (Å²) in [7, 11) is 0. The second-order valence-electron chi connectivity index (χ2n) is 5.45. The first-order valence-electron chi connectivity index (χ1n) is 7.82. The number of fused-ring (bicyclic) bond motifs is 1. The van der Waals surface area contributed by atoms with E-state index in [2.05, 4.69) is 20.6 Å². The third-order valence-corrected chi connectivity index (χ3v) is 4.46. The molecule has 26 heavy (non-hydrogen) atoms. The molecule has 0 unspecified atom stereocenters. The van der Waals surface area contributed by atoms with Crippen molar-refractivity contribution in [3.05, 3.63) is 58.4 Å². The van der Waals surface area contributed by atoms with Gasteiger partial charge in [-0.15, -0.1) is 16.4 Å². The molecule has 4 aromatic rings. The maximum atomic E-state index is 12.3. The maximum Gasteiger partial charge on any atom is 0.277 e. The molecule has 0 fully saturated rings. The molecule has 0 spiro atoms. The maximum absolute atomic E-state index is 12.3. The van der Waals surface area contributed by atoms with Crippen molar-refractivity contribution in [2.75, 3.05) is 5.32 Å². The van der Waals surface area contributed by atoms with Crippen LogP contribution in [0.25, 0.3) is 22.4 Å². The van der Waals surface area contributed by atoms with E-state index in [1.807, 2.05) is 0 Å². The zero-order chi connectivity index (χ0) is 17.9. The topological polar surface area (TPSA) is 103 Å². The van der Waals surface area contributed by atoms with Crippen LogP contribution >= 0.6 is 11.3 Å². The predicted octanol–water partition coefficient (Wildman–Crippen LogP) is 2.54. The minimum Gasteiger partial charge on any atom is -0.463 e. The Bertz CT molecular complexity index is 1120. The number of thiazole rings is 1. The van der Waals surface area contributed by atoms with E-state index in [9.17, 15) is 9.59 Å². The van der Waals surface area contributed by atoms with Crippen molar-refractivity contribution in [2.45, 2.75) is 13.0 Å². The number of anilines is 1. The van der Waals surface area contributed by atoms with Crippen LogP contribution in [0.3, 0.4) is 0 Å². The molecule has 130 valence electrons. The summed E-state index contributed by atoms with van der Waals surface area (Å²) in [4.78, 5) is 28.8. The fourth-order valence-electron chi connectivity index (χ4n) is 2.43.